The highest BCUT2D eigenvalue weighted by Crippen LogP contribution is 2.62. The smallest absolute Gasteiger partial charge is 0.312 e. The summed E-state index contributed by atoms with van der Waals surface area (Å²) >= 11 is 0. The molecule has 0 aliphatic heterocycles. The molecular weight excluding hydrogens is 349 g/mol. The van der Waals surface area contributed by atoms with Gasteiger partial charge in [0.2, 0.25) is 0 Å². The Labute approximate surface area is 158 Å². The number of halogens is 1. The Morgan fingerprint density at radius 2 is 1.93 bits per heavy atom. The van der Waals surface area contributed by atoms with Gasteiger partial charge in [0, 0.05) is 5.69 Å². The molecule has 4 aliphatic carbocycles. The molecule has 6 heteroatoms. The first-order valence-electron chi connectivity index (χ1n) is 9.69. The van der Waals surface area contributed by atoms with Crippen LogP contribution in [0.4, 0.5) is 10.1 Å². The van der Waals surface area contributed by atoms with E-state index in [1.807, 2.05) is 0 Å². The van der Waals surface area contributed by atoms with Gasteiger partial charge in [0.25, 0.3) is 5.91 Å². The number of aryl methyl sites for hydroxylation is 1. The molecule has 0 saturated heterocycles. The maximum atomic E-state index is 13.6. The van der Waals surface area contributed by atoms with Crippen LogP contribution >= 0.6 is 0 Å². The van der Waals surface area contributed by atoms with E-state index in [9.17, 15) is 19.1 Å². The van der Waals surface area contributed by atoms with E-state index < -0.39 is 28.8 Å². The molecule has 27 heavy (non-hydrogen) atoms. The number of carbonyl (C=O) groups is 2. The standard InChI is InChI=1S/C21H26FNO4/c1-12-3-4-16(6-17(12)22)23-18(24)13(2)27-19(25)20-7-14-5-15(8-20)10-21(26,9-14)11-20/h3-4,6,13-15,26H,5,7-11H2,1-2H3,(H,23,24)/t13-,14-,15+,20?,21?/m0/s1. The fraction of sp³-hybridized carbons (Fsp3) is 0.619. The molecule has 5 atom stereocenters. The first-order chi connectivity index (χ1) is 12.7. The second-order valence-electron chi connectivity index (χ2n) is 8.97. The largest absolute Gasteiger partial charge is 0.452 e. The van der Waals surface area contributed by atoms with Crippen molar-refractivity contribution in [1.29, 1.82) is 0 Å². The Bertz CT molecular complexity index is 778. The average Bonchev–Trinajstić information content (AvgIpc) is 2.55. The van der Waals surface area contributed by atoms with Gasteiger partial charge in [-0.25, -0.2) is 4.39 Å². The fourth-order valence-corrected chi connectivity index (χ4v) is 5.71. The zero-order valence-electron chi connectivity index (χ0n) is 15.8. The molecule has 146 valence electrons. The van der Waals surface area contributed by atoms with Gasteiger partial charge in [-0.1, -0.05) is 6.07 Å². The van der Waals surface area contributed by atoms with Crippen LogP contribution in [0.5, 0.6) is 0 Å². The Balaban J connectivity index is 1.42. The van der Waals surface area contributed by atoms with Gasteiger partial charge < -0.3 is 15.2 Å². The highest BCUT2D eigenvalue weighted by Gasteiger charge is 2.61. The summed E-state index contributed by atoms with van der Waals surface area (Å²) in [5, 5.41) is 13.4. The molecule has 0 spiro atoms. The second-order valence-corrected chi connectivity index (χ2v) is 8.97. The topological polar surface area (TPSA) is 75.6 Å². The van der Waals surface area contributed by atoms with E-state index in [4.69, 9.17) is 4.74 Å². The molecule has 4 aliphatic rings. The van der Waals surface area contributed by atoms with Crippen molar-refractivity contribution < 1.29 is 23.8 Å². The van der Waals surface area contributed by atoms with Crippen LogP contribution < -0.4 is 5.32 Å². The maximum absolute atomic E-state index is 13.6. The molecular formula is C21H26FNO4. The maximum Gasteiger partial charge on any atom is 0.312 e. The lowest BCUT2D eigenvalue weighted by Crippen LogP contribution is -2.59. The number of amides is 1. The van der Waals surface area contributed by atoms with E-state index in [1.54, 1.807) is 19.1 Å². The Morgan fingerprint density at radius 3 is 2.52 bits per heavy atom. The van der Waals surface area contributed by atoms with E-state index >= 15 is 0 Å². The van der Waals surface area contributed by atoms with Gasteiger partial charge in [0.05, 0.1) is 11.0 Å². The average molecular weight is 375 g/mol. The van der Waals surface area contributed by atoms with Crippen molar-refractivity contribution in [2.24, 2.45) is 17.3 Å². The van der Waals surface area contributed by atoms with Crippen LogP contribution in [0.25, 0.3) is 0 Å². The molecule has 4 fully saturated rings. The van der Waals surface area contributed by atoms with E-state index in [-0.39, 0.29) is 5.97 Å². The molecule has 1 aromatic rings. The number of carbonyl (C=O) groups excluding carboxylic acids is 2. The molecule has 5 nitrogen and oxygen atoms in total. The lowest BCUT2D eigenvalue weighted by atomic mass is 9.48. The van der Waals surface area contributed by atoms with Gasteiger partial charge in [0.1, 0.15) is 5.82 Å². The third-order valence-electron chi connectivity index (χ3n) is 6.56. The zero-order valence-corrected chi connectivity index (χ0v) is 15.8. The van der Waals surface area contributed by atoms with Crippen LogP contribution in [0.3, 0.4) is 0 Å². The number of aliphatic hydroxyl groups is 1. The normalized spacial score (nSPS) is 35.0. The van der Waals surface area contributed by atoms with Gasteiger partial charge >= 0.3 is 5.97 Å². The summed E-state index contributed by atoms with van der Waals surface area (Å²) in [5.41, 5.74) is -0.598. The van der Waals surface area contributed by atoms with Crippen molar-refractivity contribution in [3.05, 3.63) is 29.6 Å². The molecule has 1 aromatic carbocycles. The van der Waals surface area contributed by atoms with Gasteiger partial charge in [0.15, 0.2) is 6.10 Å². The van der Waals surface area contributed by atoms with E-state index in [1.165, 1.54) is 13.0 Å². The Morgan fingerprint density at radius 1 is 1.26 bits per heavy atom. The molecule has 0 radical (unpaired) electrons. The number of hydrogen-bond donors (Lipinski definition) is 2. The van der Waals surface area contributed by atoms with Crippen molar-refractivity contribution in [2.75, 3.05) is 5.32 Å². The van der Waals surface area contributed by atoms with Gasteiger partial charge in [-0.15, -0.1) is 0 Å². The number of nitrogens with one attached hydrogen (secondary N) is 1. The number of ether oxygens (including phenoxy) is 1. The van der Waals surface area contributed by atoms with Gasteiger partial charge in [-0.05, 0) is 81.9 Å². The predicted octanol–water partition coefficient (Wildman–Crippen LogP) is 3.34. The SMILES string of the molecule is Cc1ccc(NC(=O)[C@H](C)OC(=O)C23C[C@@H]4C[C@@H](CC(O)(C4)C2)C3)cc1F. The minimum absolute atomic E-state index is 0.329. The number of benzene rings is 1. The summed E-state index contributed by atoms with van der Waals surface area (Å²) in [4.78, 5) is 25.3. The monoisotopic (exact) mass is 375 g/mol. The first-order valence-corrected chi connectivity index (χ1v) is 9.69. The second kappa shape index (κ2) is 6.30. The van der Waals surface area contributed by atoms with E-state index in [0.29, 0.717) is 29.5 Å². The van der Waals surface area contributed by atoms with Crippen LogP contribution in [0, 0.1) is 30.0 Å². The van der Waals surface area contributed by atoms with Crippen LogP contribution in [0.1, 0.15) is 51.0 Å². The number of anilines is 1. The number of esters is 1. The minimum atomic E-state index is -0.982. The van der Waals surface area contributed by atoms with Crippen molar-refractivity contribution in [3.63, 3.8) is 0 Å². The molecule has 0 aromatic heterocycles. The first kappa shape index (κ1) is 18.4. The highest BCUT2D eigenvalue weighted by atomic mass is 19.1. The minimum Gasteiger partial charge on any atom is -0.452 e. The van der Waals surface area contributed by atoms with Crippen LogP contribution in [0.2, 0.25) is 0 Å². The van der Waals surface area contributed by atoms with Crippen LogP contribution in [0.15, 0.2) is 18.2 Å². The van der Waals surface area contributed by atoms with Crippen LogP contribution in [-0.4, -0.2) is 28.7 Å². The summed E-state index contributed by atoms with van der Waals surface area (Å²) in [7, 11) is 0. The lowest BCUT2D eigenvalue weighted by molar-refractivity contribution is -0.199. The molecule has 1 amide bonds. The van der Waals surface area contributed by atoms with E-state index in [2.05, 4.69) is 5.32 Å². The van der Waals surface area contributed by atoms with E-state index in [0.717, 1.165) is 32.1 Å². The summed E-state index contributed by atoms with van der Waals surface area (Å²) in [6, 6.07) is 4.44. The zero-order chi connectivity index (χ0) is 19.4. The number of hydrogen-bond acceptors (Lipinski definition) is 4. The van der Waals surface area contributed by atoms with Crippen molar-refractivity contribution in [2.45, 2.75) is 64.1 Å². The summed E-state index contributed by atoms with van der Waals surface area (Å²) in [6.07, 6.45) is 3.55. The molecule has 4 bridgehead atoms. The molecule has 4 saturated carbocycles. The van der Waals surface area contributed by atoms with Crippen LogP contribution in [-0.2, 0) is 14.3 Å². The lowest BCUT2D eigenvalue weighted by Gasteiger charge is -2.58. The molecule has 5 rings (SSSR count). The highest BCUT2D eigenvalue weighted by molar-refractivity contribution is 5.95. The third kappa shape index (κ3) is 3.35. The summed E-state index contributed by atoms with van der Waals surface area (Å²) in [6.45, 7) is 3.16. The molecule has 0 heterocycles. The third-order valence-corrected chi connectivity index (χ3v) is 6.56. The van der Waals surface area contributed by atoms with Gasteiger partial charge in [-0.3, -0.25) is 9.59 Å². The predicted molar refractivity (Wildman–Crippen MR) is 97.4 cm³/mol. The van der Waals surface area contributed by atoms with Gasteiger partial charge in [-0.2, -0.15) is 0 Å². The molecule has 2 N–H and O–H groups in total. The summed E-state index contributed by atoms with van der Waals surface area (Å²) < 4.78 is 19.2. The Kier molecular flexibility index (Phi) is 4.29. The van der Waals surface area contributed by atoms with Crippen molar-refractivity contribution in [3.8, 4) is 0 Å². The fourth-order valence-electron chi connectivity index (χ4n) is 5.71. The Hall–Kier alpha value is -1.95. The summed E-state index contributed by atoms with van der Waals surface area (Å²) in [5.74, 6) is -0.547. The van der Waals surface area contributed by atoms with Crippen molar-refractivity contribution >= 4 is 17.6 Å². The quantitative estimate of drug-likeness (QED) is 0.792. The van der Waals surface area contributed by atoms with Crippen molar-refractivity contribution in [1.82, 2.24) is 0 Å². The molecule has 2 unspecified atom stereocenters. The number of rotatable bonds is 4.